The van der Waals surface area contributed by atoms with Crippen LogP contribution in [0.25, 0.3) is 0 Å². The molecule has 0 spiro atoms. The minimum Gasteiger partial charge on any atom is -0.424 e. The fourth-order valence-electron chi connectivity index (χ4n) is 4.00. The molecule has 3 rings (SSSR count). The van der Waals surface area contributed by atoms with Crippen molar-refractivity contribution in [1.29, 1.82) is 5.26 Å². The number of nitriles is 1. The number of carbonyl (C=O) groups excluding carboxylic acids is 1. The first kappa shape index (κ1) is 22.1. The second-order valence-electron chi connectivity index (χ2n) is 7.52. The molecule has 2 aromatic rings. The van der Waals surface area contributed by atoms with E-state index in [4.69, 9.17) is 16.0 Å². The normalized spacial score (nSPS) is 14.6. The molecule has 0 saturated carbocycles. The Kier molecular flexibility index (Phi) is 7.01. The maximum Gasteiger partial charge on any atom is 0.236 e. The number of aryl methyl sites for hydroxylation is 1. The zero-order valence-electron chi connectivity index (χ0n) is 17.7. The smallest absolute Gasteiger partial charge is 0.236 e. The number of nitrogens with zero attached hydrogens (tertiary/aromatic N) is 4. The van der Waals surface area contributed by atoms with Gasteiger partial charge in [-0.3, -0.25) is 10.1 Å². The molecule has 7 nitrogen and oxygen atoms in total. The molecule has 0 atom stereocenters. The molecular formula is C22H28ClN5O2. The van der Waals surface area contributed by atoms with Crippen molar-refractivity contribution >= 4 is 23.4 Å². The predicted molar refractivity (Wildman–Crippen MR) is 116 cm³/mol. The summed E-state index contributed by atoms with van der Waals surface area (Å²) in [6, 6.07) is 9.90. The molecular weight excluding hydrogens is 402 g/mol. The van der Waals surface area contributed by atoms with Crippen molar-refractivity contribution < 1.29 is 9.21 Å². The summed E-state index contributed by atoms with van der Waals surface area (Å²) in [6.45, 7) is 8.63. The molecule has 2 heterocycles. The minimum atomic E-state index is -0.263. The van der Waals surface area contributed by atoms with E-state index in [-0.39, 0.29) is 18.0 Å². The van der Waals surface area contributed by atoms with Crippen LogP contribution in [0.4, 0.5) is 5.88 Å². The van der Waals surface area contributed by atoms with Gasteiger partial charge < -0.3 is 14.2 Å². The molecule has 160 valence electrons. The van der Waals surface area contributed by atoms with Gasteiger partial charge in [0.05, 0.1) is 6.54 Å². The van der Waals surface area contributed by atoms with E-state index in [0.29, 0.717) is 48.7 Å². The Morgan fingerprint density at radius 3 is 2.43 bits per heavy atom. The van der Waals surface area contributed by atoms with E-state index in [0.717, 1.165) is 18.4 Å². The fourth-order valence-corrected chi connectivity index (χ4v) is 4.12. The Balaban J connectivity index is 1.60. The highest BCUT2D eigenvalue weighted by atomic mass is 35.5. The molecule has 30 heavy (non-hydrogen) atoms. The van der Waals surface area contributed by atoms with Gasteiger partial charge in [-0.25, -0.2) is 4.98 Å². The average molecular weight is 430 g/mol. The Hall–Kier alpha value is -2.56. The van der Waals surface area contributed by atoms with Gasteiger partial charge in [0.15, 0.2) is 5.89 Å². The number of rotatable bonds is 7. The summed E-state index contributed by atoms with van der Waals surface area (Å²) in [5.41, 5.74) is 1.17. The summed E-state index contributed by atoms with van der Waals surface area (Å²) >= 11 is 6.04. The summed E-state index contributed by atoms with van der Waals surface area (Å²) in [5, 5.41) is 13.4. The molecule has 8 heteroatoms. The summed E-state index contributed by atoms with van der Waals surface area (Å²) in [4.78, 5) is 20.8. The van der Waals surface area contributed by atoms with Crippen molar-refractivity contribution in [3.63, 3.8) is 0 Å². The lowest BCUT2D eigenvalue weighted by Gasteiger charge is -2.37. The third-order valence-electron chi connectivity index (χ3n) is 5.92. The highest BCUT2D eigenvalue weighted by Gasteiger charge is 2.30. The van der Waals surface area contributed by atoms with Crippen LogP contribution in [0, 0.1) is 18.3 Å². The van der Waals surface area contributed by atoms with Gasteiger partial charge in [-0.1, -0.05) is 37.6 Å². The van der Waals surface area contributed by atoms with Crippen LogP contribution in [0.2, 0.25) is 5.02 Å². The molecule has 0 aliphatic carbocycles. The summed E-state index contributed by atoms with van der Waals surface area (Å²) in [7, 11) is 0. The highest BCUT2D eigenvalue weighted by Crippen LogP contribution is 2.29. The molecule has 1 aliphatic heterocycles. The van der Waals surface area contributed by atoms with Gasteiger partial charge in [0.1, 0.15) is 6.07 Å². The lowest BCUT2D eigenvalue weighted by Crippen LogP contribution is -2.53. The van der Waals surface area contributed by atoms with E-state index in [9.17, 15) is 10.1 Å². The molecule has 1 aromatic carbocycles. The topological polar surface area (TPSA) is 85.4 Å². The number of hydrogen-bond acceptors (Lipinski definition) is 6. The zero-order valence-corrected chi connectivity index (χ0v) is 18.5. The minimum absolute atomic E-state index is 0.0733. The number of benzene rings is 1. The molecule has 1 aliphatic rings. The molecule has 0 unspecified atom stereocenters. The summed E-state index contributed by atoms with van der Waals surface area (Å²) < 4.78 is 5.59. The number of oxazole rings is 1. The van der Waals surface area contributed by atoms with Crippen molar-refractivity contribution in [1.82, 2.24) is 15.2 Å². The first-order chi connectivity index (χ1) is 14.4. The number of nitrogens with one attached hydrogen (secondary N) is 1. The van der Waals surface area contributed by atoms with Gasteiger partial charge in [-0.15, -0.1) is 0 Å². The summed E-state index contributed by atoms with van der Waals surface area (Å²) in [6.07, 6.45) is 1.74. The molecule has 1 N–H and O–H groups in total. The number of amides is 1. The molecule has 1 aromatic heterocycles. The van der Waals surface area contributed by atoms with E-state index in [1.807, 2.05) is 34.1 Å². The Morgan fingerprint density at radius 1 is 1.23 bits per heavy atom. The Morgan fingerprint density at radius 2 is 1.87 bits per heavy atom. The largest absolute Gasteiger partial charge is 0.424 e. The maximum atomic E-state index is 12.9. The number of hydrogen-bond donors (Lipinski definition) is 1. The molecule has 1 fully saturated rings. The fraction of sp³-hybridized carbons (Fsp3) is 0.500. The van der Waals surface area contributed by atoms with Crippen molar-refractivity contribution in [2.75, 3.05) is 37.6 Å². The number of carbonyl (C=O) groups is 1. The predicted octanol–water partition coefficient (Wildman–Crippen LogP) is 3.46. The third-order valence-corrected chi connectivity index (χ3v) is 6.18. The molecule has 0 radical (unpaired) electrons. The second-order valence-corrected chi connectivity index (χ2v) is 7.95. The van der Waals surface area contributed by atoms with Crippen LogP contribution in [0.5, 0.6) is 0 Å². The van der Waals surface area contributed by atoms with Gasteiger partial charge in [-0.05, 0) is 30.5 Å². The maximum absolute atomic E-state index is 12.9. The quantitative estimate of drug-likeness (QED) is 0.725. The summed E-state index contributed by atoms with van der Waals surface area (Å²) in [5.74, 6) is 1.05. The van der Waals surface area contributed by atoms with Gasteiger partial charge in [0.2, 0.25) is 17.5 Å². The first-order valence-electron chi connectivity index (χ1n) is 10.3. The van der Waals surface area contributed by atoms with Gasteiger partial charge in [0.25, 0.3) is 0 Å². The number of piperazine rings is 1. The number of halogens is 1. The van der Waals surface area contributed by atoms with Gasteiger partial charge in [-0.2, -0.15) is 5.26 Å². The van der Waals surface area contributed by atoms with E-state index in [1.165, 1.54) is 0 Å². The number of anilines is 1. The van der Waals surface area contributed by atoms with Crippen LogP contribution in [-0.4, -0.2) is 48.5 Å². The monoisotopic (exact) mass is 429 g/mol. The molecule has 1 amide bonds. The molecule has 1 saturated heterocycles. The Bertz CT molecular complexity index is 907. The van der Waals surface area contributed by atoms with Crippen molar-refractivity contribution in [2.24, 2.45) is 0 Å². The average Bonchev–Trinajstić information content (AvgIpc) is 3.16. The van der Waals surface area contributed by atoms with Crippen molar-refractivity contribution in [3.8, 4) is 6.07 Å². The van der Waals surface area contributed by atoms with E-state index < -0.39 is 0 Å². The number of aromatic nitrogens is 1. The highest BCUT2D eigenvalue weighted by molar-refractivity contribution is 6.30. The van der Waals surface area contributed by atoms with Gasteiger partial charge in [0, 0.05) is 43.7 Å². The SMILES string of the molecule is CCC(CC)(NCC(=O)N1CCN(c2oc(C)nc2C#N)CC1)c1ccc(Cl)cc1. The van der Waals surface area contributed by atoms with Gasteiger partial charge >= 0.3 is 0 Å². The third kappa shape index (κ3) is 4.61. The van der Waals surface area contributed by atoms with Crippen LogP contribution >= 0.6 is 11.6 Å². The van der Waals surface area contributed by atoms with Crippen LogP contribution in [0.1, 0.15) is 43.8 Å². The van der Waals surface area contributed by atoms with Crippen molar-refractivity contribution in [2.45, 2.75) is 39.2 Å². The van der Waals surface area contributed by atoms with Crippen LogP contribution < -0.4 is 10.2 Å². The second kappa shape index (κ2) is 9.50. The van der Waals surface area contributed by atoms with Crippen LogP contribution in [0.15, 0.2) is 28.7 Å². The standard InChI is InChI=1S/C22H28ClN5O2/c1-4-22(5-2,17-6-8-18(23)9-7-17)25-15-20(29)27-10-12-28(13-11-27)21-19(14-24)26-16(3)30-21/h6-9,25H,4-5,10-13,15H2,1-3H3. The van der Waals surface area contributed by atoms with E-state index in [1.54, 1.807) is 6.92 Å². The molecule has 0 bridgehead atoms. The zero-order chi connectivity index (χ0) is 21.7. The van der Waals surface area contributed by atoms with E-state index >= 15 is 0 Å². The van der Waals surface area contributed by atoms with Crippen molar-refractivity contribution in [3.05, 3.63) is 46.4 Å². The van der Waals surface area contributed by atoms with E-state index in [2.05, 4.69) is 30.2 Å². The lowest BCUT2D eigenvalue weighted by atomic mass is 9.84. The lowest BCUT2D eigenvalue weighted by molar-refractivity contribution is -0.131. The Labute approximate surface area is 182 Å². The first-order valence-corrected chi connectivity index (χ1v) is 10.7. The van der Waals surface area contributed by atoms with Crippen LogP contribution in [-0.2, 0) is 10.3 Å². The van der Waals surface area contributed by atoms with Crippen LogP contribution in [0.3, 0.4) is 0 Å².